The topological polar surface area (TPSA) is 76.1 Å². The van der Waals surface area contributed by atoms with E-state index in [2.05, 4.69) is 32.4 Å². The molecule has 0 bridgehead atoms. The normalized spacial score (nSPS) is 10.7. The van der Waals surface area contributed by atoms with E-state index in [1.807, 2.05) is 20.8 Å². The Labute approximate surface area is 171 Å². The molecule has 0 saturated carbocycles. The summed E-state index contributed by atoms with van der Waals surface area (Å²) in [6, 6.07) is 6.09. The van der Waals surface area contributed by atoms with Crippen LogP contribution in [0.4, 0.5) is 21.8 Å². The van der Waals surface area contributed by atoms with Crippen molar-refractivity contribution in [1.82, 2.24) is 9.97 Å². The van der Waals surface area contributed by atoms with Crippen molar-refractivity contribution in [3.8, 4) is 11.8 Å². The van der Waals surface area contributed by atoms with Gasteiger partial charge in [0, 0.05) is 17.6 Å². The molecular formula is C22H27FN4O2. The average molecular weight is 398 g/mol. The Balaban J connectivity index is 2.24. The molecule has 2 N–H and O–H groups in total. The fourth-order valence-electron chi connectivity index (χ4n) is 2.46. The van der Waals surface area contributed by atoms with Crippen molar-refractivity contribution >= 4 is 23.4 Å². The number of ether oxygens (including phenoxy) is 1. The van der Waals surface area contributed by atoms with Crippen LogP contribution in [0, 0.1) is 23.1 Å². The second-order valence-corrected chi connectivity index (χ2v) is 7.13. The molecule has 7 heteroatoms. The van der Waals surface area contributed by atoms with Crippen LogP contribution in [0.15, 0.2) is 30.5 Å². The maximum atomic E-state index is 13.4. The van der Waals surface area contributed by atoms with Gasteiger partial charge in [0.15, 0.2) is 0 Å². The molecule has 0 saturated heterocycles. The van der Waals surface area contributed by atoms with E-state index in [-0.39, 0.29) is 18.2 Å². The summed E-state index contributed by atoms with van der Waals surface area (Å²) < 4.78 is 18.4. The largest absolute Gasteiger partial charge is 0.466 e. The summed E-state index contributed by atoms with van der Waals surface area (Å²) in [5.74, 6) is 6.50. The van der Waals surface area contributed by atoms with Crippen molar-refractivity contribution < 1.29 is 13.9 Å². The number of nitrogens with one attached hydrogen (secondary N) is 2. The Bertz CT molecular complexity index is 903. The highest BCUT2D eigenvalue weighted by Crippen LogP contribution is 2.22. The summed E-state index contributed by atoms with van der Waals surface area (Å²) in [5, 5.41) is 6.23. The maximum Gasteiger partial charge on any atom is 0.307 e. The fraction of sp³-hybridized carbons (Fsp3) is 0.409. The fourth-order valence-corrected chi connectivity index (χ4v) is 2.46. The Morgan fingerprint density at radius 1 is 1.31 bits per heavy atom. The molecule has 29 heavy (non-hydrogen) atoms. The van der Waals surface area contributed by atoms with Gasteiger partial charge in [-0.3, -0.25) is 4.79 Å². The number of esters is 1. The van der Waals surface area contributed by atoms with Crippen LogP contribution in [-0.4, -0.2) is 29.1 Å². The first kappa shape index (κ1) is 22.2. The number of hydrogen-bond donors (Lipinski definition) is 2. The molecule has 0 unspecified atom stereocenters. The van der Waals surface area contributed by atoms with Crippen LogP contribution >= 0.6 is 0 Å². The second kappa shape index (κ2) is 10.4. The lowest BCUT2D eigenvalue weighted by atomic mass is 9.90. The van der Waals surface area contributed by atoms with Crippen molar-refractivity contribution in [3.63, 3.8) is 0 Å². The molecule has 0 amide bonds. The van der Waals surface area contributed by atoms with Gasteiger partial charge >= 0.3 is 5.97 Å². The zero-order chi connectivity index (χ0) is 21.3. The number of carbonyl (C=O) groups excluding carboxylic acids is 1. The Kier molecular flexibility index (Phi) is 7.96. The zero-order valence-electron chi connectivity index (χ0n) is 17.3. The quantitative estimate of drug-likeness (QED) is 0.503. The molecule has 2 aromatic rings. The zero-order valence-corrected chi connectivity index (χ0v) is 17.3. The van der Waals surface area contributed by atoms with Gasteiger partial charge in [0.1, 0.15) is 11.6 Å². The summed E-state index contributed by atoms with van der Waals surface area (Å²) in [5.41, 5.74) is 0.633. The van der Waals surface area contributed by atoms with Gasteiger partial charge in [0.2, 0.25) is 5.95 Å². The molecular weight excluding hydrogens is 371 g/mol. The average Bonchev–Trinajstić information content (AvgIpc) is 2.65. The summed E-state index contributed by atoms with van der Waals surface area (Å²) >= 11 is 0. The highest BCUT2D eigenvalue weighted by atomic mass is 19.1. The lowest BCUT2D eigenvalue weighted by Crippen LogP contribution is -2.17. The van der Waals surface area contributed by atoms with Crippen LogP contribution in [0.2, 0.25) is 0 Å². The first-order chi connectivity index (χ1) is 13.8. The monoisotopic (exact) mass is 398 g/mol. The van der Waals surface area contributed by atoms with E-state index in [4.69, 9.17) is 4.74 Å². The molecule has 6 nitrogen and oxygen atoms in total. The van der Waals surface area contributed by atoms with E-state index < -0.39 is 5.41 Å². The molecule has 1 aromatic heterocycles. The Hall–Kier alpha value is -3.14. The number of hydrogen-bond acceptors (Lipinski definition) is 6. The van der Waals surface area contributed by atoms with Crippen molar-refractivity contribution in [3.05, 3.63) is 41.8 Å². The summed E-state index contributed by atoms with van der Waals surface area (Å²) in [4.78, 5) is 20.5. The van der Waals surface area contributed by atoms with E-state index >= 15 is 0 Å². The number of anilines is 3. The number of nitrogens with zero attached hydrogens (tertiary/aromatic N) is 2. The van der Waals surface area contributed by atoms with E-state index in [1.54, 1.807) is 25.3 Å². The van der Waals surface area contributed by atoms with E-state index in [0.29, 0.717) is 29.6 Å². The third-order valence-electron chi connectivity index (χ3n) is 3.84. The van der Waals surface area contributed by atoms with Gasteiger partial charge in [-0.15, -0.1) is 0 Å². The van der Waals surface area contributed by atoms with Crippen LogP contribution < -0.4 is 10.6 Å². The molecule has 0 spiro atoms. The lowest BCUT2D eigenvalue weighted by Gasteiger charge is -2.16. The van der Waals surface area contributed by atoms with Gasteiger partial charge in [-0.25, -0.2) is 9.37 Å². The summed E-state index contributed by atoms with van der Waals surface area (Å²) in [6.07, 6.45) is 2.73. The van der Waals surface area contributed by atoms with Crippen LogP contribution in [0.1, 0.15) is 46.1 Å². The predicted molar refractivity (Wildman–Crippen MR) is 112 cm³/mol. The first-order valence-corrected chi connectivity index (χ1v) is 9.65. The predicted octanol–water partition coefficient (Wildman–Crippen LogP) is 4.51. The van der Waals surface area contributed by atoms with Crippen molar-refractivity contribution in [1.29, 1.82) is 0 Å². The van der Waals surface area contributed by atoms with Crippen molar-refractivity contribution in [2.24, 2.45) is 5.41 Å². The van der Waals surface area contributed by atoms with E-state index in [9.17, 15) is 9.18 Å². The van der Waals surface area contributed by atoms with Gasteiger partial charge < -0.3 is 15.4 Å². The molecule has 1 aromatic carbocycles. The van der Waals surface area contributed by atoms with Crippen LogP contribution in [0.25, 0.3) is 0 Å². The standard InChI is InChI=1S/C22H27FN4O2/c1-5-12-24-20-16(10-11-22(3,4)14-19(28)29-6-2)15-25-21(27-20)26-18-9-7-8-17(23)13-18/h7-9,13,15H,5-6,12,14H2,1-4H3,(H2,24,25,26,27). The van der Waals surface area contributed by atoms with Crippen molar-refractivity contribution in [2.45, 2.75) is 40.5 Å². The molecule has 0 aliphatic carbocycles. The van der Waals surface area contributed by atoms with Crippen molar-refractivity contribution in [2.75, 3.05) is 23.8 Å². The molecule has 0 aliphatic heterocycles. The molecule has 2 rings (SSSR count). The van der Waals surface area contributed by atoms with Crippen LogP contribution in [0.3, 0.4) is 0 Å². The highest BCUT2D eigenvalue weighted by molar-refractivity contribution is 5.71. The van der Waals surface area contributed by atoms with Crippen LogP contribution in [-0.2, 0) is 9.53 Å². The smallest absolute Gasteiger partial charge is 0.307 e. The van der Waals surface area contributed by atoms with Crippen LogP contribution in [0.5, 0.6) is 0 Å². The Morgan fingerprint density at radius 3 is 2.79 bits per heavy atom. The molecule has 0 fully saturated rings. The molecule has 1 heterocycles. The highest BCUT2D eigenvalue weighted by Gasteiger charge is 2.20. The molecule has 0 radical (unpaired) electrons. The number of carbonyl (C=O) groups is 1. The van der Waals surface area contributed by atoms with E-state index in [0.717, 1.165) is 13.0 Å². The van der Waals surface area contributed by atoms with Gasteiger partial charge in [0.25, 0.3) is 0 Å². The SMILES string of the molecule is CCCNc1nc(Nc2cccc(F)c2)ncc1C#CC(C)(C)CC(=O)OCC. The molecule has 0 aliphatic rings. The maximum absolute atomic E-state index is 13.4. The third-order valence-corrected chi connectivity index (χ3v) is 3.84. The number of benzene rings is 1. The third kappa shape index (κ3) is 7.41. The van der Waals surface area contributed by atoms with Gasteiger partial charge in [-0.1, -0.05) is 24.8 Å². The first-order valence-electron chi connectivity index (χ1n) is 9.65. The minimum Gasteiger partial charge on any atom is -0.466 e. The number of aromatic nitrogens is 2. The summed E-state index contributed by atoms with van der Waals surface area (Å²) in [7, 11) is 0. The minimum atomic E-state index is -0.549. The minimum absolute atomic E-state index is 0.200. The second-order valence-electron chi connectivity index (χ2n) is 7.13. The lowest BCUT2D eigenvalue weighted by molar-refractivity contribution is -0.144. The molecule has 154 valence electrons. The number of rotatable bonds is 8. The molecule has 0 atom stereocenters. The van der Waals surface area contributed by atoms with Gasteiger partial charge in [-0.2, -0.15) is 4.98 Å². The van der Waals surface area contributed by atoms with Gasteiger partial charge in [0.05, 0.1) is 24.8 Å². The Morgan fingerprint density at radius 2 is 2.10 bits per heavy atom. The summed E-state index contributed by atoms with van der Waals surface area (Å²) in [6.45, 7) is 8.67. The van der Waals surface area contributed by atoms with E-state index in [1.165, 1.54) is 12.1 Å². The van der Waals surface area contributed by atoms with Gasteiger partial charge in [-0.05, 0) is 45.4 Å². The number of halogens is 1.